The van der Waals surface area contributed by atoms with E-state index in [0.29, 0.717) is 24.6 Å². The van der Waals surface area contributed by atoms with Crippen molar-refractivity contribution >= 4 is 5.91 Å². The van der Waals surface area contributed by atoms with Crippen molar-refractivity contribution in [3.05, 3.63) is 24.3 Å². The van der Waals surface area contributed by atoms with Gasteiger partial charge in [0, 0.05) is 32.7 Å². The summed E-state index contributed by atoms with van der Waals surface area (Å²) in [6, 6.07) is 5.13. The first kappa shape index (κ1) is 17.8. The summed E-state index contributed by atoms with van der Waals surface area (Å²) in [4.78, 5) is 13.5. The van der Waals surface area contributed by atoms with E-state index in [-0.39, 0.29) is 19.7 Å². The quantitative estimate of drug-likeness (QED) is 0.832. The van der Waals surface area contributed by atoms with Gasteiger partial charge in [-0.25, -0.2) is 0 Å². The fourth-order valence-corrected chi connectivity index (χ4v) is 2.91. The Morgan fingerprint density at radius 3 is 2.64 bits per heavy atom. The summed E-state index contributed by atoms with van der Waals surface area (Å²) in [7, 11) is 0. The monoisotopic (exact) mass is 359 g/mol. The van der Waals surface area contributed by atoms with Crippen LogP contribution in [0, 0.1) is 0 Å². The summed E-state index contributed by atoms with van der Waals surface area (Å²) < 4.78 is 50.9. The summed E-state index contributed by atoms with van der Waals surface area (Å²) in [5, 5.41) is 5.38. The van der Waals surface area contributed by atoms with Crippen LogP contribution in [0.25, 0.3) is 0 Å². The summed E-state index contributed by atoms with van der Waals surface area (Å²) in [6.45, 7) is 1.03. The van der Waals surface area contributed by atoms with Gasteiger partial charge in [-0.05, 0) is 12.1 Å². The van der Waals surface area contributed by atoms with E-state index in [0.717, 1.165) is 0 Å². The number of para-hydroxylation sites is 2. The van der Waals surface area contributed by atoms with Crippen molar-refractivity contribution in [3.8, 4) is 11.5 Å². The van der Waals surface area contributed by atoms with Crippen LogP contribution in [-0.4, -0.2) is 68.5 Å². The molecule has 0 aliphatic carbocycles. The van der Waals surface area contributed by atoms with Crippen LogP contribution in [0.2, 0.25) is 0 Å². The number of rotatable bonds is 4. The number of halogens is 3. The number of carbonyl (C=O) groups excluding carboxylic acids is 1. The Hall–Kier alpha value is -2.00. The molecule has 1 aromatic rings. The lowest BCUT2D eigenvalue weighted by Crippen LogP contribution is -2.58. The largest absolute Gasteiger partial charge is 0.485 e. The minimum absolute atomic E-state index is 0.0346. The molecule has 3 rings (SSSR count). The second-order valence-corrected chi connectivity index (χ2v) is 5.95. The van der Waals surface area contributed by atoms with E-state index in [4.69, 9.17) is 9.47 Å². The molecular weight excluding hydrogens is 339 g/mol. The third-order valence-electron chi connectivity index (χ3n) is 4.24. The molecule has 25 heavy (non-hydrogen) atoms. The number of ether oxygens (including phenoxy) is 2. The van der Waals surface area contributed by atoms with Crippen molar-refractivity contribution in [1.82, 2.24) is 15.5 Å². The first-order valence-electron chi connectivity index (χ1n) is 8.13. The maximum atomic E-state index is 13.3. The molecular formula is C16H20F3N3O3. The SMILES string of the molecule is O=C(NCC(N1CCNCC1)C(F)(F)F)C1COc2ccccc2O1. The minimum atomic E-state index is -4.42. The molecule has 2 heterocycles. The van der Waals surface area contributed by atoms with Gasteiger partial charge in [0.2, 0.25) is 6.10 Å². The Morgan fingerprint density at radius 2 is 1.96 bits per heavy atom. The molecule has 0 spiro atoms. The van der Waals surface area contributed by atoms with Gasteiger partial charge in [-0.1, -0.05) is 12.1 Å². The highest BCUT2D eigenvalue weighted by molar-refractivity contribution is 5.81. The molecule has 2 aliphatic rings. The average molecular weight is 359 g/mol. The van der Waals surface area contributed by atoms with E-state index in [1.165, 1.54) is 4.90 Å². The van der Waals surface area contributed by atoms with Gasteiger partial charge >= 0.3 is 6.18 Å². The zero-order chi connectivity index (χ0) is 17.9. The number of piperazine rings is 1. The molecule has 6 nitrogen and oxygen atoms in total. The van der Waals surface area contributed by atoms with E-state index in [1.807, 2.05) is 0 Å². The van der Waals surface area contributed by atoms with Gasteiger partial charge in [0.05, 0.1) is 0 Å². The standard InChI is InChI=1S/C16H20F3N3O3/c17-16(18,19)14(22-7-5-20-6-8-22)9-21-15(23)13-10-24-11-3-1-2-4-12(11)25-13/h1-4,13-14,20H,5-10H2,(H,21,23). The van der Waals surface area contributed by atoms with Gasteiger partial charge in [-0.3, -0.25) is 9.69 Å². The van der Waals surface area contributed by atoms with Gasteiger partial charge in [0.25, 0.3) is 5.91 Å². The Bertz CT molecular complexity index is 606. The maximum absolute atomic E-state index is 13.3. The summed E-state index contributed by atoms with van der Waals surface area (Å²) in [6.07, 6.45) is -5.38. The van der Waals surface area contributed by atoms with E-state index < -0.39 is 30.8 Å². The molecule has 1 amide bonds. The fourth-order valence-electron chi connectivity index (χ4n) is 2.91. The number of benzene rings is 1. The summed E-state index contributed by atoms with van der Waals surface area (Å²) >= 11 is 0. The molecule has 9 heteroatoms. The third kappa shape index (κ3) is 4.35. The molecule has 2 atom stereocenters. The van der Waals surface area contributed by atoms with E-state index in [9.17, 15) is 18.0 Å². The van der Waals surface area contributed by atoms with Crippen molar-refractivity contribution < 1.29 is 27.4 Å². The van der Waals surface area contributed by atoms with Crippen LogP contribution >= 0.6 is 0 Å². The number of fused-ring (bicyclic) bond motifs is 1. The van der Waals surface area contributed by atoms with Crippen LogP contribution in [0.15, 0.2) is 24.3 Å². The molecule has 2 aliphatic heterocycles. The summed E-state index contributed by atoms with van der Waals surface area (Å²) in [5.41, 5.74) is 0. The predicted octanol–water partition coefficient (Wildman–Crippen LogP) is 0.779. The highest BCUT2D eigenvalue weighted by Crippen LogP contribution is 2.31. The highest BCUT2D eigenvalue weighted by Gasteiger charge is 2.44. The molecule has 1 fully saturated rings. The molecule has 1 saturated heterocycles. The lowest BCUT2D eigenvalue weighted by atomic mass is 10.2. The average Bonchev–Trinajstić information content (AvgIpc) is 2.61. The minimum Gasteiger partial charge on any atom is -0.485 e. The van der Waals surface area contributed by atoms with Crippen LogP contribution < -0.4 is 20.1 Å². The Labute approximate surface area is 143 Å². The van der Waals surface area contributed by atoms with Crippen molar-refractivity contribution in [2.75, 3.05) is 39.3 Å². The van der Waals surface area contributed by atoms with Crippen LogP contribution in [0.5, 0.6) is 11.5 Å². The lowest BCUT2D eigenvalue weighted by molar-refractivity contribution is -0.184. The number of nitrogens with zero attached hydrogens (tertiary/aromatic N) is 1. The van der Waals surface area contributed by atoms with Crippen molar-refractivity contribution in [1.29, 1.82) is 0 Å². The van der Waals surface area contributed by atoms with Gasteiger partial charge in [-0.2, -0.15) is 13.2 Å². The number of hydrogen-bond donors (Lipinski definition) is 2. The van der Waals surface area contributed by atoms with Gasteiger partial charge in [-0.15, -0.1) is 0 Å². The molecule has 2 N–H and O–H groups in total. The van der Waals surface area contributed by atoms with Crippen molar-refractivity contribution in [3.63, 3.8) is 0 Å². The van der Waals surface area contributed by atoms with Crippen LogP contribution in [-0.2, 0) is 4.79 Å². The molecule has 1 aromatic carbocycles. The topological polar surface area (TPSA) is 62.8 Å². The second-order valence-electron chi connectivity index (χ2n) is 5.95. The molecule has 138 valence electrons. The van der Waals surface area contributed by atoms with Crippen LogP contribution in [0.3, 0.4) is 0 Å². The number of amides is 1. The van der Waals surface area contributed by atoms with Crippen molar-refractivity contribution in [2.45, 2.75) is 18.3 Å². The first-order valence-corrected chi connectivity index (χ1v) is 8.13. The zero-order valence-electron chi connectivity index (χ0n) is 13.5. The number of nitrogens with one attached hydrogen (secondary N) is 2. The normalized spacial score (nSPS) is 22.3. The maximum Gasteiger partial charge on any atom is 0.405 e. The molecule has 2 unspecified atom stereocenters. The van der Waals surface area contributed by atoms with Crippen LogP contribution in [0.1, 0.15) is 0 Å². The highest BCUT2D eigenvalue weighted by atomic mass is 19.4. The molecule has 0 saturated carbocycles. The number of carbonyl (C=O) groups is 1. The van der Waals surface area contributed by atoms with Gasteiger partial charge in [0.1, 0.15) is 12.6 Å². The van der Waals surface area contributed by atoms with E-state index >= 15 is 0 Å². The number of hydrogen-bond acceptors (Lipinski definition) is 5. The second kappa shape index (κ2) is 7.49. The Kier molecular flexibility index (Phi) is 5.33. The molecule has 0 radical (unpaired) electrons. The van der Waals surface area contributed by atoms with Crippen LogP contribution in [0.4, 0.5) is 13.2 Å². The smallest absolute Gasteiger partial charge is 0.405 e. The van der Waals surface area contributed by atoms with E-state index in [1.54, 1.807) is 24.3 Å². The lowest BCUT2D eigenvalue weighted by Gasteiger charge is -2.36. The molecule has 0 bridgehead atoms. The Balaban J connectivity index is 1.58. The summed E-state index contributed by atoms with van der Waals surface area (Å²) in [5.74, 6) is 0.308. The zero-order valence-corrected chi connectivity index (χ0v) is 13.5. The van der Waals surface area contributed by atoms with Crippen molar-refractivity contribution in [2.24, 2.45) is 0 Å². The van der Waals surface area contributed by atoms with Gasteiger partial charge < -0.3 is 20.1 Å². The Morgan fingerprint density at radius 1 is 1.28 bits per heavy atom. The van der Waals surface area contributed by atoms with Gasteiger partial charge in [0.15, 0.2) is 11.5 Å². The van der Waals surface area contributed by atoms with E-state index in [2.05, 4.69) is 10.6 Å². The number of alkyl halides is 3. The first-order chi connectivity index (χ1) is 11.9. The predicted molar refractivity (Wildman–Crippen MR) is 83.6 cm³/mol. The third-order valence-corrected chi connectivity index (χ3v) is 4.24. The molecule has 0 aromatic heterocycles. The fraction of sp³-hybridized carbons (Fsp3) is 0.562.